The third-order valence-corrected chi connectivity index (χ3v) is 1.84. The van der Waals surface area contributed by atoms with Gasteiger partial charge in [-0.05, 0) is 20.8 Å². The Morgan fingerprint density at radius 1 is 1.07 bits per heavy atom. The van der Waals surface area contributed by atoms with Crippen LogP contribution >= 0.6 is 0 Å². The van der Waals surface area contributed by atoms with Crippen molar-refractivity contribution in [2.75, 3.05) is 5.75 Å². The Hall–Kier alpha value is -0.250. The first kappa shape index (κ1) is 17.2. The van der Waals surface area contributed by atoms with Gasteiger partial charge >= 0.3 is 0 Å². The SMILES string of the molecule is CC(O)CS(=O)(=O)O.CC(O)NC(C)O. The summed E-state index contributed by atoms with van der Waals surface area (Å²) in [5, 5.41) is 27.7. The highest BCUT2D eigenvalue weighted by atomic mass is 32.2. The van der Waals surface area contributed by atoms with E-state index in [-0.39, 0.29) is 0 Å². The van der Waals surface area contributed by atoms with E-state index in [2.05, 4.69) is 5.32 Å². The minimum absolute atomic E-state index is 0.590. The highest BCUT2D eigenvalue weighted by molar-refractivity contribution is 7.85. The molecule has 7 nitrogen and oxygen atoms in total. The van der Waals surface area contributed by atoms with Gasteiger partial charge in [-0.1, -0.05) is 0 Å². The van der Waals surface area contributed by atoms with E-state index in [4.69, 9.17) is 19.9 Å². The van der Waals surface area contributed by atoms with E-state index >= 15 is 0 Å². The number of hydrogen-bond donors (Lipinski definition) is 5. The van der Waals surface area contributed by atoms with Crippen LogP contribution in [0.4, 0.5) is 0 Å². The van der Waals surface area contributed by atoms with Gasteiger partial charge in [0.2, 0.25) is 0 Å². The molecule has 0 rings (SSSR count). The van der Waals surface area contributed by atoms with Gasteiger partial charge in [0, 0.05) is 0 Å². The molecule has 3 unspecified atom stereocenters. The molecule has 3 atom stereocenters. The van der Waals surface area contributed by atoms with E-state index in [1.54, 1.807) is 13.8 Å². The van der Waals surface area contributed by atoms with Crippen molar-refractivity contribution >= 4 is 10.1 Å². The molecule has 0 aromatic heterocycles. The van der Waals surface area contributed by atoms with Crippen molar-refractivity contribution in [3.8, 4) is 0 Å². The fraction of sp³-hybridized carbons (Fsp3) is 1.00. The molecular formula is C7H19NO6S. The van der Waals surface area contributed by atoms with Crippen molar-refractivity contribution < 1.29 is 28.3 Å². The van der Waals surface area contributed by atoms with Crippen molar-refractivity contribution in [1.82, 2.24) is 5.32 Å². The minimum Gasteiger partial charge on any atom is -0.392 e. The maximum Gasteiger partial charge on any atom is 0.267 e. The van der Waals surface area contributed by atoms with Crippen LogP contribution in [0.15, 0.2) is 0 Å². The van der Waals surface area contributed by atoms with Gasteiger partial charge in [-0.2, -0.15) is 8.42 Å². The molecule has 0 heterocycles. The lowest BCUT2D eigenvalue weighted by atomic mass is 10.5. The summed E-state index contributed by atoms with van der Waals surface area (Å²) in [5.74, 6) is -0.590. The van der Waals surface area contributed by atoms with Gasteiger partial charge in [0.05, 0.1) is 6.10 Å². The van der Waals surface area contributed by atoms with Crippen LogP contribution in [0.3, 0.4) is 0 Å². The van der Waals surface area contributed by atoms with Crippen molar-refractivity contribution in [3.05, 3.63) is 0 Å². The van der Waals surface area contributed by atoms with Crippen molar-refractivity contribution in [3.63, 3.8) is 0 Å². The molecule has 0 aliphatic heterocycles. The van der Waals surface area contributed by atoms with Crippen LogP contribution in [0.25, 0.3) is 0 Å². The summed E-state index contributed by atoms with van der Waals surface area (Å²) < 4.78 is 27.7. The molecule has 0 saturated heterocycles. The smallest absolute Gasteiger partial charge is 0.267 e. The molecule has 0 amide bonds. The summed E-state index contributed by atoms with van der Waals surface area (Å²) in [7, 11) is -3.97. The quantitative estimate of drug-likeness (QED) is 0.301. The van der Waals surface area contributed by atoms with Crippen LogP contribution in [-0.4, -0.2) is 52.6 Å². The monoisotopic (exact) mass is 245 g/mol. The van der Waals surface area contributed by atoms with Crippen LogP contribution in [0, 0.1) is 0 Å². The molecule has 0 saturated carbocycles. The van der Waals surface area contributed by atoms with Crippen LogP contribution in [-0.2, 0) is 10.1 Å². The molecule has 0 aliphatic carbocycles. The van der Waals surface area contributed by atoms with Gasteiger partial charge in [-0.25, -0.2) is 0 Å². The molecule has 8 heteroatoms. The van der Waals surface area contributed by atoms with Gasteiger partial charge in [0.1, 0.15) is 18.2 Å². The number of aliphatic hydroxyl groups excluding tert-OH is 3. The predicted molar refractivity (Wildman–Crippen MR) is 54.6 cm³/mol. The number of nitrogens with one attached hydrogen (secondary N) is 1. The molecule has 15 heavy (non-hydrogen) atoms. The Labute approximate surface area is 89.5 Å². The fourth-order valence-corrected chi connectivity index (χ4v) is 1.26. The maximum atomic E-state index is 9.84. The summed E-state index contributed by atoms with van der Waals surface area (Å²) in [6, 6.07) is 0. The zero-order valence-corrected chi connectivity index (χ0v) is 9.77. The second-order valence-electron chi connectivity index (χ2n) is 3.12. The minimum atomic E-state index is -3.97. The number of aliphatic hydroxyl groups is 3. The van der Waals surface area contributed by atoms with Crippen LogP contribution < -0.4 is 5.32 Å². The highest BCUT2D eigenvalue weighted by Gasteiger charge is 2.07. The average Bonchev–Trinajstić information content (AvgIpc) is 1.76. The zero-order valence-electron chi connectivity index (χ0n) is 8.95. The van der Waals surface area contributed by atoms with Gasteiger partial charge in [0.15, 0.2) is 0 Å². The lowest BCUT2D eigenvalue weighted by Crippen LogP contribution is -2.33. The van der Waals surface area contributed by atoms with Crippen LogP contribution in [0.2, 0.25) is 0 Å². The average molecular weight is 245 g/mol. The first-order valence-electron chi connectivity index (χ1n) is 4.30. The zero-order chi connectivity index (χ0) is 12.6. The fourth-order valence-electron chi connectivity index (χ4n) is 0.654. The molecule has 0 aromatic rings. The highest BCUT2D eigenvalue weighted by Crippen LogP contribution is 1.86. The van der Waals surface area contributed by atoms with E-state index in [0.29, 0.717) is 0 Å². The summed E-state index contributed by atoms with van der Waals surface area (Å²) >= 11 is 0. The van der Waals surface area contributed by atoms with Gasteiger partial charge in [-0.3, -0.25) is 9.87 Å². The van der Waals surface area contributed by atoms with E-state index in [0.717, 1.165) is 0 Å². The van der Waals surface area contributed by atoms with E-state index in [1.165, 1.54) is 6.92 Å². The Balaban J connectivity index is 0. The normalized spacial score (nSPS) is 17.3. The Morgan fingerprint density at radius 3 is 1.40 bits per heavy atom. The van der Waals surface area contributed by atoms with Gasteiger partial charge in [0.25, 0.3) is 10.1 Å². The first-order valence-corrected chi connectivity index (χ1v) is 5.91. The Morgan fingerprint density at radius 2 is 1.40 bits per heavy atom. The molecule has 0 fully saturated rings. The first-order chi connectivity index (χ1) is 6.54. The lowest BCUT2D eigenvalue weighted by molar-refractivity contribution is 0.0632. The number of hydrogen-bond acceptors (Lipinski definition) is 6. The van der Waals surface area contributed by atoms with Crippen LogP contribution in [0.5, 0.6) is 0 Å². The number of rotatable bonds is 4. The molecule has 94 valence electrons. The molecular weight excluding hydrogens is 226 g/mol. The molecule has 0 spiro atoms. The molecule has 5 N–H and O–H groups in total. The van der Waals surface area contributed by atoms with Gasteiger partial charge in [-0.15, -0.1) is 0 Å². The third-order valence-electron chi connectivity index (χ3n) is 0.934. The second kappa shape index (κ2) is 7.97. The van der Waals surface area contributed by atoms with Crippen molar-refractivity contribution in [1.29, 1.82) is 0 Å². The van der Waals surface area contributed by atoms with E-state index < -0.39 is 34.4 Å². The second-order valence-corrected chi connectivity index (χ2v) is 4.61. The van der Waals surface area contributed by atoms with Crippen LogP contribution in [0.1, 0.15) is 20.8 Å². The molecule has 0 aliphatic rings. The topological polar surface area (TPSA) is 127 Å². The largest absolute Gasteiger partial charge is 0.392 e. The summed E-state index contributed by atoms with van der Waals surface area (Å²) in [6.07, 6.45) is -2.25. The maximum absolute atomic E-state index is 9.84. The molecule has 0 bridgehead atoms. The van der Waals surface area contributed by atoms with Gasteiger partial charge < -0.3 is 15.3 Å². The predicted octanol–water partition coefficient (Wildman–Crippen LogP) is -1.49. The van der Waals surface area contributed by atoms with E-state index in [1.807, 2.05) is 0 Å². The Kier molecular flexibility index (Phi) is 9.11. The van der Waals surface area contributed by atoms with Crippen molar-refractivity contribution in [2.45, 2.75) is 39.3 Å². The van der Waals surface area contributed by atoms with Crippen molar-refractivity contribution in [2.24, 2.45) is 0 Å². The molecule has 0 aromatic carbocycles. The summed E-state index contributed by atoms with van der Waals surface area (Å²) in [4.78, 5) is 0. The molecule has 0 radical (unpaired) electrons. The summed E-state index contributed by atoms with van der Waals surface area (Å²) in [5.41, 5.74) is 0. The Bertz CT molecular complexity index is 230. The standard InChI is InChI=1S/C4H11NO2.C3H8O4S/c1-3(6)5-4(2)7;1-3(4)2-8(5,6)7/h3-7H,1-2H3;3-4H,2H2,1H3,(H,5,6,7). The summed E-state index contributed by atoms with van der Waals surface area (Å²) in [6.45, 7) is 4.38. The lowest BCUT2D eigenvalue weighted by Gasteiger charge is -2.08. The third kappa shape index (κ3) is 24.8. The van der Waals surface area contributed by atoms with E-state index in [9.17, 15) is 8.42 Å².